The predicted molar refractivity (Wildman–Crippen MR) is 62.6 cm³/mol. The third-order valence-corrected chi connectivity index (χ3v) is 3.35. The molecule has 1 rings (SSSR count). The van der Waals surface area contributed by atoms with Crippen molar-refractivity contribution in [3.8, 4) is 0 Å². The van der Waals surface area contributed by atoms with Gasteiger partial charge in [0.05, 0.1) is 11.7 Å². The Bertz CT molecular complexity index is 270. The summed E-state index contributed by atoms with van der Waals surface area (Å²) in [6.07, 6.45) is 1.85. The molecule has 1 heterocycles. The quantitative estimate of drug-likeness (QED) is 0.809. The van der Waals surface area contributed by atoms with Crippen LogP contribution in [0.1, 0.15) is 25.6 Å². The standard InChI is InChI=1S/C10H19N3S/c1-8(2)14-7-9(11-3)10-5-6-12-13(10)4/h5-6,8-9,11H,7H2,1-4H3. The van der Waals surface area contributed by atoms with E-state index in [4.69, 9.17) is 0 Å². The SMILES string of the molecule is CNC(CSC(C)C)c1ccnn1C. The number of aromatic nitrogens is 2. The molecule has 80 valence electrons. The van der Waals surface area contributed by atoms with Crippen LogP contribution in [-0.4, -0.2) is 27.8 Å². The fourth-order valence-electron chi connectivity index (χ4n) is 1.33. The molecule has 0 aliphatic heterocycles. The van der Waals surface area contributed by atoms with Crippen molar-refractivity contribution in [3.63, 3.8) is 0 Å². The highest BCUT2D eigenvalue weighted by atomic mass is 32.2. The zero-order valence-electron chi connectivity index (χ0n) is 9.32. The minimum absolute atomic E-state index is 0.398. The molecule has 1 atom stereocenters. The molecule has 0 saturated carbocycles. The van der Waals surface area contributed by atoms with Gasteiger partial charge < -0.3 is 5.32 Å². The molecule has 0 radical (unpaired) electrons. The Morgan fingerprint density at radius 3 is 2.71 bits per heavy atom. The molecule has 1 unspecified atom stereocenters. The summed E-state index contributed by atoms with van der Waals surface area (Å²) in [5.41, 5.74) is 1.25. The molecule has 0 spiro atoms. The maximum atomic E-state index is 4.18. The van der Waals surface area contributed by atoms with Crippen molar-refractivity contribution in [2.24, 2.45) is 7.05 Å². The van der Waals surface area contributed by atoms with Gasteiger partial charge in [-0.1, -0.05) is 13.8 Å². The largest absolute Gasteiger partial charge is 0.311 e. The third kappa shape index (κ3) is 3.03. The lowest BCUT2D eigenvalue weighted by Gasteiger charge is -2.17. The first-order valence-corrected chi connectivity index (χ1v) is 5.96. The van der Waals surface area contributed by atoms with Gasteiger partial charge in [0.2, 0.25) is 0 Å². The van der Waals surface area contributed by atoms with Crippen LogP contribution in [0.2, 0.25) is 0 Å². The van der Waals surface area contributed by atoms with Crippen LogP contribution in [0.4, 0.5) is 0 Å². The second-order valence-corrected chi connectivity index (χ2v) is 5.21. The highest BCUT2D eigenvalue weighted by molar-refractivity contribution is 7.99. The van der Waals surface area contributed by atoms with Crippen molar-refractivity contribution in [2.75, 3.05) is 12.8 Å². The van der Waals surface area contributed by atoms with Crippen LogP contribution < -0.4 is 5.32 Å². The lowest BCUT2D eigenvalue weighted by Crippen LogP contribution is -2.22. The summed E-state index contributed by atoms with van der Waals surface area (Å²) in [5, 5.41) is 8.18. The van der Waals surface area contributed by atoms with Gasteiger partial charge in [0.1, 0.15) is 0 Å². The van der Waals surface area contributed by atoms with Crippen LogP contribution in [0.15, 0.2) is 12.3 Å². The van der Waals surface area contributed by atoms with Gasteiger partial charge in [-0.2, -0.15) is 16.9 Å². The van der Waals surface area contributed by atoms with Crippen molar-refractivity contribution in [2.45, 2.75) is 25.1 Å². The van der Waals surface area contributed by atoms with Crippen molar-refractivity contribution in [1.29, 1.82) is 0 Å². The molecule has 14 heavy (non-hydrogen) atoms. The van der Waals surface area contributed by atoms with E-state index in [0.29, 0.717) is 11.3 Å². The van der Waals surface area contributed by atoms with Gasteiger partial charge in [-0.25, -0.2) is 0 Å². The first kappa shape index (κ1) is 11.6. The second-order valence-electron chi connectivity index (χ2n) is 3.60. The Morgan fingerprint density at radius 2 is 2.29 bits per heavy atom. The van der Waals surface area contributed by atoms with Crippen molar-refractivity contribution < 1.29 is 0 Å². The molecule has 3 nitrogen and oxygen atoms in total. The smallest absolute Gasteiger partial charge is 0.0581 e. The third-order valence-electron chi connectivity index (χ3n) is 2.16. The summed E-state index contributed by atoms with van der Waals surface area (Å²) < 4.78 is 1.93. The van der Waals surface area contributed by atoms with E-state index in [2.05, 4.69) is 30.3 Å². The lowest BCUT2D eigenvalue weighted by molar-refractivity contribution is 0.585. The summed E-state index contributed by atoms with van der Waals surface area (Å²) in [4.78, 5) is 0. The van der Waals surface area contributed by atoms with Gasteiger partial charge in [-0.05, 0) is 18.4 Å². The Hall–Kier alpha value is -0.480. The minimum atomic E-state index is 0.398. The first-order valence-electron chi connectivity index (χ1n) is 4.92. The van der Waals surface area contributed by atoms with E-state index in [1.165, 1.54) is 5.69 Å². The lowest BCUT2D eigenvalue weighted by atomic mass is 10.2. The number of hydrogen-bond acceptors (Lipinski definition) is 3. The number of nitrogens with one attached hydrogen (secondary N) is 1. The molecule has 1 N–H and O–H groups in total. The Labute approximate surface area is 90.3 Å². The molecule has 0 aromatic carbocycles. The van der Waals surface area contributed by atoms with Gasteiger partial charge >= 0.3 is 0 Å². The van der Waals surface area contributed by atoms with Crippen LogP contribution in [0.5, 0.6) is 0 Å². The van der Waals surface area contributed by atoms with Crippen LogP contribution in [0, 0.1) is 0 Å². The molecule has 0 fully saturated rings. The number of thioether (sulfide) groups is 1. The van der Waals surface area contributed by atoms with Crippen molar-refractivity contribution in [3.05, 3.63) is 18.0 Å². The van der Waals surface area contributed by atoms with Crippen LogP contribution in [0.3, 0.4) is 0 Å². The fourth-order valence-corrected chi connectivity index (χ4v) is 2.25. The molecular weight excluding hydrogens is 194 g/mol. The van der Waals surface area contributed by atoms with Crippen LogP contribution >= 0.6 is 11.8 Å². The molecule has 4 heteroatoms. The molecule has 0 saturated heterocycles. The summed E-state index contributed by atoms with van der Waals surface area (Å²) >= 11 is 1.97. The molecule has 0 aliphatic carbocycles. The highest BCUT2D eigenvalue weighted by Gasteiger charge is 2.13. The fraction of sp³-hybridized carbons (Fsp3) is 0.700. The molecule has 0 bridgehead atoms. The monoisotopic (exact) mass is 213 g/mol. The van der Waals surface area contributed by atoms with Crippen LogP contribution in [0.25, 0.3) is 0 Å². The topological polar surface area (TPSA) is 29.9 Å². The van der Waals surface area contributed by atoms with Gasteiger partial charge in [0.25, 0.3) is 0 Å². The molecule has 1 aromatic rings. The van der Waals surface area contributed by atoms with E-state index in [1.54, 1.807) is 0 Å². The molecule has 1 aromatic heterocycles. The van der Waals surface area contributed by atoms with E-state index < -0.39 is 0 Å². The van der Waals surface area contributed by atoms with Crippen molar-refractivity contribution >= 4 is 11.8 Å². The van der Waals surface area contributed by atoms with E-state index in [0.717, 1.165) is 5.75 Å². The van der Waals surface area contributed by atoms with E-state index in [-0.39, 0.29) is 0 Å². The normalized spacial score (nSPS) is 13.5. The summed E-state index contributed by atoms with van der Waals surface area (Å²) in [5.74, 6) is 1.09. The zero-order chi connectivity index (χ0) is 10.6. The highest BCUT2D eigenvalue weighted by Crippen LogP contribution is 2.20. The Morgan fingerprint density at radius 1 is 1.57 bits per heavy atom. The number of hydrogen-bond donors (Lipinski definition) is 1. The minimum Gasteiger partial charge on any atom is -0.311 e. The van der Waals surface area contributed by atoms with Gasteiger partial charge in [0.15, 0.2) is 0 Å². The average Bonchev–Trinajstić information content (AvgIpc) is 2.53. The second kappa shape index (κ2) is 5.41. The van der Waals surface area contributed by atoms with E-state index >= 15 is 0 Å². The molecule has 0 amide bonds. The Balaban J connectivity index is 2.58. The zero-order valence-corrected chi connectivity index (χ0v) is 10.1. The maximum Gasteiger partial charge on any atom is 0.0581 e. The number of aryl methyl sites for hydroxylation is 1. The molecular formula is C10H19N3S. The summed E-state index contributed by atoms with van der Waals surface area (Å²) in [7, 11) is 3.98. The van der Waals surface area contributed by atoms with E-state index in [1.807, 2.05) is 36.7 Å². The average molecular weight is 213 g/mol. The maximum absolute atomic E-state index is 4.18. The van der Waals surface area contributed by atoms with Gasteiger partial charge in [-0.15, -0.1) is 0 Å². The van der Waals surface area contributed by atoms with Crippen LogP contribution in [-0.2, 0) is 7.05 Å². The summed E-state index contributed by atoms with van der Waals surface area (Å²) in [6.45, 7) is 4.45. The van der Waals surface area contributed by atoms with E-state index in [9.17, 15) is 0 Å². The van der Waals surface area contributed by atoms with Gasteiger partial charge in [-0.3, -0.25) is 4.68 Å². The summed E-state index contributed by atoms with van der Waals surface area (Å²) in [6, 6.07) is 2.47. The predicted octanol–water partition coefficient (Wildman–Crippen LogP) is 1.82. The first-order chi connectivity index (χ1) is 6.65. The Kier molecular flexibility index (Phi) is 4.48. The number of rotatable bonds is 5. The molecule has 0 aliphatic rings. The van der Waals surface area contributed by atoms with Crippen molar-refractivity contribution in [1.82, 2.24) is 15.1 Å². The van der Waals surface area contributed by atoms with Gasteiger partial charge in [0, 0.05) is 19.0 Å². The number of nitrogens with zero attached hydrogens (tertiary/aromatic N) is 2.